The van der Waals surface area contributed by atoms with Gasteiger partial charge in [0.05, 0.1) is 25.4 Å². The normalized spacial score (nSPS) is 12.7. The number of aliphatic hydroxyl groups excluding tert-OH is 2. The van der Waals surface area contributed by atoms with Crippen LogP contribution in [0.3, 0.4) is 0 Å². The number of aliphatic hydroxyl groups is 2. The van der Waals surface area contributed by atoms with Crippen LogP contribution in [0.5, 0.6) is 0 Å². The highest BCUT2D eigenvalue weighted by Crippen LogP contribution is 2.18. The number of hydrogen-bond donors (Lipinski definition) is 3. The van der Waals surface area contributed by atoms with Gasteiger partial charge in [-0.3, -0.25) is 9.59 Å². The monoisotopic (exact) mass is 1070 g/mol. The topological polar surface area (TPSA) is 95.9 Å². The first kappa shape index (κ1) is 74.1. The van der Waals surface area contributed by atoms with Crippen molar-refractivity contribution in [3.8, 4) is 0 Å². The van der Waals surface area contributed by atoms with E-state index in [2.05, 4.69) is 43.5 Å². The van der Waals surface area contributed by atoms with E-state index in [1.807, 2.05) is 6.08 Å². The van der Waals surface area contributed by atoms with Gasteiger partial charge in [0.1, 0.15) is 0 Å². The zero-order valence-corrected chi connectivity index (χ0v) is 51.3. The second kappa shape index (κ2) is 65.6. The molecule has 0 heterocycles. The summed E-state index contributed by atoms with van der Waals surface area (Å²) in [4.78, 5) is 24.6. The molecule has 0 aromatic carbocycles. The highest BCUT2D eigenvalue weighted by atomic mass is 16.5. The standard InChI is InChI=1S/C70H133NO5/c1-3-5-7-9-11-13-15-17-19-21-23-24-25-26-27-30-34-38-42-46-50-54-58-62-68(73)67(66-72)71-69(74)63-59-55-51-47-43-39-35-31-28-29-33-37-41-45-49-53-57-61-65-76-70(75)64-60-56-52-48-44-40-36-32-22-20-18-16-14-12-10-8-6-4-2/h20,22,31,35,58,62,67-68,72-73H,3-19,21,23-30,32-34,36-57,59-61,63-66H2,1-2H3,(H,71,74)/b22-20-,35-31-,62-58+. The van der Waals surface area contributed by atoms with Gasteiger partial charge in [-0.2, -0.15) is 0 Å². The van der Waals surface area contributed by atoms with E-state index in [1.54, 1.807) is 6.08 Å². The Morgan fingerprint density at radius 3 is 0.934 bits per heavy atom. The zero-order valence-electron chi connectivity index (χ0n) is 51.3. The molecule has 0 saturated carbocycles. The molecule has 0 radical (unpaired) electrons. The lowest BCUT2D eigenvalue weighted by Gasteiger charge is -2.20. The van der Waals surface area contributed by atoms with E-state index in [1.165, 1.54) is 289 Å². The minimum Gasteiger partial charge on any atom is -0.466 e. The first-order valence-electron chi connectivity index (χ1n) is 34.3. The number of nitrogens with one attached hydrogen (secondary N) is 1. The SMILES string of the molecule is CCCCCCCCC/C=C\CCCCCCCCCC(=O)OCCCCCCCCCCC/C=C\CCCCCCCC(=O)NC(CO)C(O)/C=C/CCCCCCCCCCCCCCCCCCCCCCC. The lowest BCUT2D eigenvalue weighted by atomic mass is 10.0. The van der Waals surface area contributed by atoms with Gasteiger partial charge in [-0.25, -0.2) is 0 Å². The van der Waals surface area contributed by atoms with Crippen LogP contribution in [0.4, 0.5) is 0 Å². The molecule has 0 rings (SSSR count). The molecule has 6 heteroatoms. The summed E-state index contributed by atoms with van der Waals surface area (Å²) in [6.45, 7) is 4.92. The molecule has 0 aromatic heterocycles. The molecule has 0 aromatic rings. The number of unbranched alkanes of at least 4 members (excludes halogenated alkanes) is 49. The molecule has 1 amide bonds. The summed E-state index contributed by atoms with van der Waals surface area (Å²) in [5, 5.41) is 23.2. The van der Waals surface area contributed by atoms with Crippen LogP contribution in [0, 0.1) is 0 Å². The van der Waals surface area contributed by atoms with E-state index >= 15 is 0 Å². The van der Waals surface area contributed by atoms with E-state index in [9.17, 15) is 19.8 Å². The predicted molar refractivity (Wildman–Crippen MR) is 333 cm³/mol. The fourth-order valence-electron chi connectivity index (χ4n) is 10.6. The number of hydrogen-bond acceptors (Lipinski definition) is 5. The maximum Gasteiger partial charge on any atom is 0.305 e. The van der Waals surface area contributed by atoms with E-state index in [4.69, 9.17) is 4.74 Å². The number of carbonyl (C=O) groups excluding carboxylic acids is 2. The van der Waals surface area contributed by atoms with Crippen molar-refractivity contribution >= 4 is 11.9 Å². The van der Waals surface area contributed by atoms with Gasteiger partial charge < -0.3 is 20.3 Å². The lowest BCUT2D eigenvalue weighted by molar-refractivity contribution is -0.143. The Balaban J connectivity index is 3.46. The van der Waals surface area contributed by atoms with E-state index in [0.717, 1.165) is 57.8 Å². The third kappa shape index (κ3) is 61.3. The smallest absolute Gasteiger partial charge is 0.305 e. The van der Waals surface area contributed by atoms with Gasteiger partial charge in [-0.1, -0.05) is 314 Å². The molecule has 6 nitrogen and oxygen atoms in total. The average Bonchev–Trinajstić information content (AvgIpc) is 3.42. The molecule has 0 aliphatic rings. The van der Waals surface area contributed by atoms with Crippen molar-refractivity contribution in [2.45, 2.75) is 386 Å². The largest absolute Gasteiger partial charge is 0.466 e. The molecule has 448 valence electrons. The summed E-state index contributed by atoms with van der Waals surface area (Å²) in [6.07, 6.45) is 83.5. The van der Waals surface area contributed by atoms with Crippen molar-refractivity contribution in [3.05, 3.63) is 36.5 Å². The van der Waals surface area contributed by atoms with Crippen LogP contribution in [0.15, 0.2) is 36.5 Å². The van der Waals surface area contributed by atoms with Gasteiger partial charge in [0.2, 0.25) is 5.91 Å². The van der Waals surface area contributed by atoms with Crippen molar-refractivity contribution in [2.24, 2.45) is 0 Å². The Morgan fingerprint density at radius 2 is 0.618 bits per heavy atom. The predicted octanol–water partition coefficient (Wildman–Crippen LogP) is 21.9. The molecule has 76 heavy (non-hydrogen) atoms. The molecule has 0 spiro atoms. The van der Waals surface area contributed by atoms with Gasteiger partial charge in [-0.15, -0.1) is 0 Å². The fourth-order valence-corrected chi connectivity index (χ4v) is 10.6. The Labute approximate surface area is 474 Å². The van der Waals surface area contributed by atoms with Crippen molar-refractivity contribution in [1.82, 2.24) is 5.32 Å². The summed E-state index contributed by atoms with van der Waals surface area (Å²) >= 11 is 0. The number of amides is 1. The number of allylic oxidation sites excluding steroid dienone is 5. The molecule has 3 N–H and O–H groups in total. The third-order valence-corrected chi connectivity index (χ3v) is 15.9. The number of ether oxygens (including phenoxy) is 1. The van der Waals surface area contributed by atoms with E-state index in [0.29, 0.717) is 19.4 Å². The minimum absolute atomic E-state index is 0.000142. The van der Waals surface area contributed by atoms with Crippen LogP contribution in [0.25, 0.3) is 0 Å². The molecule has 0 saturated heterocycles. The number of rotatable bonds is 64. The second-order valence-corrected chi connectivity index (χ2v) is 23.5. The zero-order chi connectivity index (χ0) is 55.0. The second-order valence-electron chi connectivity index (χ2n) is 23.5. The first-order chi connectivity index (χ1) is 37.5. The summed E-state index contributed by atoms with van der Waals surface area (Å²) in [5.41, 5.74) is 0. The minimum atomic E-state index is -0.855. The quantitative estimate of drug-likeness (QED) is 0.0320. The fraction of sp³-hybridized carbons (Fsp3) is 0.886. The van der Waals surface area contributed by atoms with Crippen molar-refractivity contribution in [1.29, 1.82) is 0 Å². The van der Waals surface area contributed by atoms with Crippen LogP contribution < -0.4 is 5.32 Å². The van der Waals surface area contributed by atoms with Gasteiger partial charge >= 0.3 is 5.97 Å². The van der Waals surface area contributed by atoms with Crippen LogP contribution in [0.1, 0.15) is 373 Å². The molecule has 0 aliphatic heterocycles. The highest BCUT2D eigenvalue weighted by molar-refractivity contribution is 5.76. The molecule has 0 aliphatic carbocycles. The lowest BCUT2D eigenvalue weighted by Crippen LogP contribution is -2.45. The van der Waals surface area contributed by atoms with Gasteiger partial charge in [-0.05, 0) is 83.5 Å². The number of esters is 1. The molecule has 0 bridgehead atoms. The summed E-state index contributed by atoms with van der Waals surface area (Å²) in [6, 6.07) is -0.640. The van der Waals surface area contributed by atoms with Crippen LogP contribution in [-0.4, -0.2) is 47.4 Å². The summed E-state index contributed by atoms with van der Waals surface area (Å²) in [7, 11) is 0. The highest BCUT2D eigenvalue weighted by Gasteiger charge is 2.18. The first-order valence-corrected chi connectivity index (χ1v) is 34.3. The number of carbonyl (C=O) groups is 2. The molecular formula is C70H133NO5. The van der Waals surface area contributed by atoms with Crippen molar-refractivity contribution in [3.63, 3.8) is 0 Å². The molecule has 2 atom stereocenters. The Kier molecular flexibility index (Phi) is 63.9. The van der Waals surface area contributed by atoms with Crippen molar-refractivity contribution in [2.75, 3.05) is 13.2 Å². The van der Waals surface area contributed by atoms with E-state index < -0.39 is 12.1 Å². The maximum atomic E-state index is 12.5. The molecule has 0 fully saturated rings. The Morgan fingerprint density at radius 1 is 0.355 bits per heavy atom. The molecular weight excluding hydrogens is 935 g/mol. The molecule has 2 unspecified atom stereocenters. The van der Waals surface area contributed by atoms with Crippen LogP contribution in [0.2, 0.25) is 0 Å². The van der Waals surface area contributed by atoms with Crippen LogP contribution >= 0.6 is 0 Å². The van der Waals surface area contributed by atoms with Gasteiger partial charge in [0.15, 0.2) is 0 Å². The summed E-state index contributed by atoms with van der Waals surface area (Å²) < 4.78 is 5.49. The maximum absolute atomic E-state index is 12.5. The van der Waals surface area contributed by atoms with Crippen molar-refractivity contribution < 1.29 is 24.5 Å². The average molecular weight is 1070 g/mol. The summed E-state index contributed by atoms with van der Waals surface area (Å²) in [5.74, 6) is -0.0792. The van der Waals surface area contributed by atoms with E-state index in [-0.39, 0.29) is 18.5 Å². The third-order valence-electron chi connectivity index (χ3n) is 15.9. The van der Waals surface area contributed by atoms with Gasteiger partial charge in [0.25, 0.3) is 0 Å². The van der Waals surface area contributed by atoms with Crippen LogP contribution in [-0.2, 0) is 14.3 Å². The van der Waals surface area contributed by atoms with Gasteiger partial charge in [0, 0.05) is 12.8 Å². The Hall–Kier alpha value is -1.92. The Bertz CT molecular complexity index is 1230.